The molecule has 0 amide bonds. The molecule has 6 heteroatoms. The molecule has 190 valence electrons. The number of hydrogen-bond donors (Lipinski definition) is 1. The molecule has 2 unspecified atom stereocenters. The van der Waals surface area contributed by atoms with Crippen LogP contribution in [0.3, 0.4) is 0 Å². The van der Waals surface area contributed by atoms with Crippen molar-refractivity contribution in [1.29, 1.82) is 0 Å². The van der Waals surface area contributed by atoms with Crippen molar-refractivity contribution in [2.75, 3.05) is 13.2 Å². The predicted octanol–water partition coefficient (Wildman–Crippen LogP) is 5.00. The molecule has 0 spiro atoms. The van der Waals surface area contributed by atoms with Crippen LogP contribution in [0.5, 0.6) is 0 Å². The number of benzene rings is 2. The summed E-state index contributed by atoms with van der Waals surface area (Å²) in [6, 6.07) is 19.5. The third kappa shape index (κ3) is 8.79. The van der Waals surface area contributed by atoms with Gasteiger partial charge in [-0.15, -0.1) is 0 Å². The van der Waals surface area contributed by atoms with Crippen molar-refractivity contribution < 1.29 is 19.4 Å². The van der Waals surface area contributed by atoms with E-state index in [9.17, 15) is 9.90 Å². The van der Waals surface area contributed by atoms with Gasteiger partial charge in [-0.25, -0.2) is 4.99 Å². The zero-order chi connectivity index (χ0) is 25.3. The molecule has 0 aromatic heterocycles. The maximum atomic E-state index is 13.5. The molecule has 1 aliphatic carbocycles. The van der Waals surface area contributed by atoms with Crippen LogP contribution in [-0.2, 0) is 27.4 Å². The minimum Gasteiger partial charge on any atom is -0.475 e. The van der Waals surface area contributed by atoms with Gasteiger partial charge in [0.1, 0.15) is 11.6 Å². The number of aliphatic hydroxyl groups is 1. The van der Waals surface area contributed by atoms with Gasteiger partial charge in [0, 0.05) is 19.5 Å². The third-order valence-corrected chi connectivity index (χ3v) is 5.85. The van der Waals surface area contributed by atoms with Gasteiger partial charge in [0.15, 0.2) is 5.90 Å². The van der Waals surface area contributed by atoms with Crippen molar-refractivity contribution in [1.82, 2.24) is 4.90 Å². The number of ether oxygens (including phenoxy) is 2. The first-order chi connectivity index (χ1) is 16.8. The highest BCUT2D eigenvalue weighted by molar-refractivity contribution is 5.80. The summed E-state index contributed by atoms with van der Waals surface area (Å²) >= 11 is 0. The second-order valence-corrected chi connectivity index (χ2v) is 10.1. The largest absolute Gasteiger partial charge is 0.475 e. The van der Waals surface area contributed by atoms with E-state index in [2.05, 4.69) is 29.2 Å². The van der Waals surface area contributed by atoms with Gasteiger partial charge in [0.25, 0.3) is 0 Å². The Morgan fingerprint density at radius 1 is 1.03 bits per heavy atom. The molecule has 0 radical (unpaired) electrons. The molecule has 1 fully saturated rings. The van der Waals surface area contributed by atoms with Crippen molar-refractivity contribution in [3.8, 4) is 0 Å². The van der Waals surface area contributed by atoms with E-state index >= 15 is 0 Å². The summed E-state index contributed by atoms with van der Waals surface area (Å²) in [6.45, 7) is 9.16. The summed E-state index contributed by atoms with van der Waals surface area (Å²) in [4.78, 5) is 20.7. The minimum atomic E-state index is -0.569. The molecule has 2 aromatic rings. The first kappa shape index (κ1) is 26.9. The van der Waals surface area contributed by atoms with Gasteiger partial charge in [-0.3, -0.25) is 9.69 Å². The van der Waals surface area contributed by atoms with Crippen LogP contribution in [0.2, 0.25) is 0 Å². The molecule has 1 saturated carbocycles. The lowest BCUT2D eigenvalue weighted by atomic mass is 10.00. The summed E-state index contributed by atoms with van der Waals surface area (Å²) in [5.74, 6) is 0.500. The Hall–Kier alpha value is -2.70. The fraction of sp³-hybridized carbons (Fsp3) is 0.517. The van der Waals surface area contributed by atoms with Crippen LogP contribution < -0.4 is 0 Å². The van der Waals surface area contributed by atoms with Gasteiger partial charge >= 0.3 is 5.97 Å². The predicted molar refractivity (Wildman–Crippen MR) is 139 cm³/mol. The van der Waals surface area contributed by atoms with Gasteiger partial charge in [0.2, 0.25) is 0 Å². The molecule has 0 bridgehead atoms. The van der Waals surface area contributed by atoms with Crippen molar-refractivity contribution >= 4 is 11.9 Å². The van der Waals surface area contributed by atoms with Crippen LogP contribution >= 0.6 is 0 Å². The number of aliphatic imine (C=N–C) groups is 1. The average molecular weight is 481 g/mol. The Labute approximate surface area is 210 Å². The smallest absolute Gasteiger partial charge is 0.325 e. The van der Waals surface area contributed by atoms with Gasteiger partial charge in [-0.1, -0.05) is 60.7 Å². The number of hydrogen-bond acceptors (Lipinski definition) is 6. The fourth-order valence-corrected chi connectivity index (χ4v) is 4.25. The van der Waals surface area contributed by atoms with E-state index in [-0.39, 0.29) is 24.5 Å². The number of esters is 1. The number of aliphatic hydroxyl groups excluding tert-OH is 1. The summed E-state index contributed by atoms with van der Waals surface area (Å²) in [5, 5.41) is 9.67. The summed E-state index contributed by atoms with van der Waals surface area (Å²) < 4.78 is 11.7. The SMILES string of the molecule is CCOC(=O)C(C(N=C(CCO)OC(C)(C)C)C1CC1)N(Cc1ccccc1)Cc1ccccc1. The lowest BCUT2D eigenvalue weighted by Gasteiger charge is -2.35. The quantitative estimate of drug-likeness (QED) is 0.263. The van der Waals surface area contributed by atoms with Crippen LogP contribution in [0.1, 0.15) is 58.1 Å². The standard InChI is InChI=1S/C29H40N2O4/c1-5-34-28(33)27(26(24-16-17-24)30-25(18-19-32)35-29(2,3)4)31(20-22-12-8-6-9-13-22)21-23-14-10-7-11-15-23/h6-15,24,26-27,32H,5,16-21H2,1-4H3. The van der Waals surface area contributed by atoms with Crippen molar-refractivity contribution in [3.05, 3.63) is 71.8 Å². The molecule has 35 heavy (non-hydrogen) atoms. The summed E-state index contributed by atoms with van der Waals surface area (Å²) in [7, 11) is 0. The second-order valence-electron chi connectivity index (χ2n) is 10.1. The van der Waals surface area contributed by atoms with E-state index in [1.54, 1.807) is 0 Å². The first-order valence-electron chi connectivity index (χ1n) is 12.7. The number of nitrogens with zero attached hydrogens (tertiary/aromatic N) is 2. The Kier molecular flexibility index (Phi) is 9.87. The number of carbonyl (C=O) groups excluding carboxylic acids is 1. The van der Waals surface area contributed by atoms with E-state index in [1.807, 2.05) is 64.1 Å². The monoisotopic (exact) mass is 480 g/mol. The van der Waals surface area contributed by atoms with E-state index in [0.29, 0.717) is 32.0 Å². The molecule has 6 nitrogen and oxygen atoms in total. The molecule has 0 aliphatic heterocycles. The zero-order valence-corrected chi connectivity index (χ0v) is 21.5. The fourth-order valence-electron chi connectivity index (χ4n) is 4.25. The summed E-state index contributed by atoms with van der Waals surface area (Å²) in [6.07, 6.45) is 2.33. The molecular formula is C29H40N2O4. The van der Waals surface area contributed by atoms with Gasteiger partial charge in [-0.05, 0) is 57.6 Å². The van der Waals surface area contributed by atoms with Crippen molar-refractivity contribution in [2.24, 2.45) is 10.9 Å². The first-order valence-corrected chi connectivity index (χ1v) is 12.7. The molecule has 0 saturated heterocycles. The Bertz CT molecular complexity index is 895. The molecule has 0 heterocycles. The lowest BCUT2D eigenvalue weighted by molar-refractivity contribution is -0.151. The maximum Gasteiger partial charge on any atom is 0.325 e. The van der Waals surface area contributed by atoms with Crippen LogP contribution in [-0.4, -0.2) is 52.8 Å². The van der Waals surface area contributed by atoms with E-state index in [1.165, 1.54) is 0 Å². The van der Waals surface area contributed by atoms with Crippen molar-refractivity contribution in [2.45, 2.75) is 77.7 Å². The topological polar surface area (TPSA) is 71.4 Å². The molecule has 3 rings (SSSR count). The van der Waals surface area contributed by atoms with Crippen molar-refractivity contribution in [3.63, 3.8) is 0 Å². The minimum absolute atomic E-state index is 0.0614. The molecule has 2 atom stereocenters. The lowest BCUT2D eigenvalue weighted by Crippen LogP contribution is -2.50. The second kappa shape index (κ2) is 12.8. The zero-order valence-electron chi connectivity index (χ0n) is 21.5. The van der Waals surface area contributed by atoms with E-state index in [4.69, 9.17) is 14.5 Å². The third-order valence-electron chi connectivity index (χ3n) is 5.85. The Balaban J connectivity index is 2.03. The average Bonchev–Trinajstić information content (AvgIpc) is 3.65. The van der Waals surface area contributed by atoms with Crippen LogP contribution in [0.25, 0.3) is 0 Å². The van der Waals surface area contributed by atoms with E-state index < -0.39 is 11.6 Å². The Morgan fingerprint density at radius 3 is 2.00 bits per heavy atom. The maximum absolute atomic E-state index is 13.5. The number of rotatable bonds is 12. The molecule has 2 aromatic carbocycles. The highest BCUT2D eigenvalue weighted by Crippen LogP contribution is 2.38. The normalized spacial score (nSPS) is 16.1. The molecule has 1 N–H and O–H groups in total. The van der Waals surface area contributed by atoms with Crippen LogP contribution in [0.4, 0.5) is 0 Å². The number of carbonyl (C=O) groups is 1. The van der Waals surface area contributed by atoms with Gasteiger partial charge in [0.05, 0.1) is 19.3 Å². The highest BCUT2D eigenvalue weighted by atomic mass is 16.5. The van der Waals surface area contributed by atoms with Crippen LogP contribution in [0.15, 0.2) is 65.7 Å². The Morgan fingerprint density at radius 2 is 1.57 bits per heavy atom. The van der Waals surface area contributed by atoms with Gasteiger partial charge < -0.3 is 14.6 Å². The summed E-state index contributed by atoms with van der Waals surface area (Å²) in [5.41, 5.74) is 1.80. The van der Waals surface area contributed by atoms with Crippen LogP contribution in [0, 0.1) is 5.92 Å². The van der Waals surface area contributed by atoms with E-state index in [0.717, 1.165) is 24.0 Å². The molecule has 1 aliphatic rings. The highest BCUT2D eigenvalue weighted by Gasteiger charge is 2.44. The molecular weight excluding hydrogens is 440 g/mol. The van der Waals surface area contributed by atoms with Gasteiger partial charge in [-0.2, -0.15) is 0 Å².